The van der Waals surface area contributed by atoms with Crippen LogP contribution in [0.15, 0.2) is 48.5 Å². The summed E-state index contributed by atoms with van der Waals surface area (Å²) in [5.41, 5.74) is 2.31. The monoisotopic (exact) mass is 466 g/mol. The van der Waals surface area contributed by atoms with E-state index in [9.17, 15) is 18.8 Å². The molecule has 2 fully saturated rings. The molecular formula is C27H31FN2O4. The molecule has 0 radical (unpaired) electrons. The third kappa shape index (κ3) is 6.01. The summed E-state index contributed by atoms with van der Waals surface area (Å²) in [5, 5.41) is 0. The molecule has 2 aliphatic rings. The van der Waals surface area contributed by atoms with Crippen molar-refractivity contribution in [3.8, 4) is 0 Å². The Kier molecular flexibility index (Phi) is 7.60. The average Bonchev–Trinajstić information content (AvgIpc) is 3.69. The summed E-state index contributed by atoms with van der Waals surface area (Å²) in [6.07, 6.45) is 3.53. The normalized spacial score (nSPS) is 17.8. The van der Waals surface area contributed by atoms with Crippen LogP contribution in [0.2, 0.25) is 0 Å². The molecule has 180 valence electrons. The van der Waals surface area contributed by atoms with E-state index in [0.29, 0.717) is 26.2 Å². The van der Waals surface area contributed by atoms with E-state index in [1.165, 1.54) is 12.1 Å². The predicted octanol–water partition coefficient (Wildman–Crippen LogP) is 4.11. The minimum Gasteiger partial charge on any atom is -0.466 e. The van der Waals surface area contributed by atoms with Crippen molar-refractivity contribution >= 4 is 23.5 Å². The van der Waals surface area contributed by atoms with E-state index in [-0.39, 0.29) is 41.9 Å². The Morgan fingerprint density at radius 2 is 1.79 bits per heavy atom. The number of ether oxygens (including phenoxy) is 1. The van der Waals surface area contributed by atoms with Crippen molar-refractivity contribution in [2.75, 3.05) is 24.6 Å². The third-order valence-corrected chi connectivity index (χ3v) is 6.42. The Hall–Kier alpha value is -3.22. The van der Waals surface area contributed by atoms with Crippen molar-refractivity contribution in [3.05, 3.63) is 65.5 Å². The number of carbonyl (C=O) groups is 3. The largest absolute Gasteiger partial charge is 0.466 e. The minimum atomic E-state index is -0.326. The molecule has 1 saturated carbocycles. The van der Waals surface area contributed by atoms with Gasteiger partial charge in [0.25, 0.3) is 0 Å². The van der Waals surface area contributed by atoms with Crippen LogP contribution in [0.4, 0.5) is 10.1 Å². The van der Waals surface area contributed by atoms with Crippen LogP contribution in [0.1, 0.15) is 43.7 Å². The van der Waals surface area contributed by atoms with Gasteiger partial charge in [0, 0.05) is 24.7 Å². The number of piperidine rings is 1. The smallest absolute Gasteiger partial charge is 0.310 e. The molecule has 1 atom stereocenters. The van der Waals surface area contributed by atoms with Crippen molar-refractivity contribution < 1.29 is 23.5 Å². The Balaban J connectivity index is 1.41. The quantitative estimate of drug-likeness (QED) is 0.549. The highest BCUT2D eigenvalue weighted by atomic mass is 19.1. The third-order valence-electron chi connectivity index (χ3n) is 6.42. The van der Waals surface area contributed by atoms with Crippen LogP contribution < -0.4 is 4.90 Å². The minimum absolute atomic E-state index is 0.0209. The topological polar surface area (TPSA) is 66.9 Å². The first-order valence-electron chi connectivity index (χ1n) is 12.0. The van der Waals surface area contributed by atoms with Gasteiger partial charge < -0.3 is 14.5 Å². The van der Waals surface area contributed by atoms with E-state index in [0.717, 1.165) is 42.5 Å². The van der Waals surface area contributed by atoms with Crippen molar-refractivity contribution in [1.82, 2.24) is 4.90 Å². The molecule has 1 saturated heterocycles. The summed E-state index contributed by atoms with van der Waals surface area (Å²) < 4.78 is 18.8. The maximum atomic E-state index is 13.7. The SMILES string of the molecule is CCOC(=O)[C@H]1CCCN(C(=O)Cc2ccc(N(Cc3cccc(F)c3)C(=O)C3CC3)cc2)C1. The van der Waals surface area contributed by atoms with E-state index < -0.39 is 0 Å². The number of hydrogen-bond acceptors (Lipinski definition) is 4. The van der Waals surface area contributed by atoms with E-state index in [2.05, 4.69) is 0 Å². The standard InChI is InChI=1S/C27H31FN2O4/c1-2-34-27(33)22-6-4-14-29(18-22)25(31)16-19-8-12-24(13-9-19)30(26(32)21-10-11-21)17-20-5-3-7-23(28)15-20/h3,5,7-9,12-13,15,21-22H,2,4,6,10-11,14,16-18H2,1H3/t22-/m0/s1. The number of anilines is 1. The van der Waals surface area contributed by atoms with E-state index in [1.807, 2.05) is 30.3 Å². The molecule has 2 aromatic rings. The molecule has 1 aliphatic heterocycles. The zero-order valence-electron chi connectivity index (χ0n) is 19.5. The fourth-order valence-electron chi connectivity index (χ4n) is 4.40. The summed E-state index contributed by atoms with van der Waals surface area (Å²) in [5.74, 6) is -0.763. The zero-order chi connectivity index (χ0) is 24.1. The lowest BCUT2D eigenvalue weighted by molar-refractivity contribution is -0.151. The number of likely N-dealkylation sites (tertiary alicyclic amines) is 1. The molecule has 34 heavy (non-hydrogen) atoms. The molecule has 0 aromatic heterocycles. The Bertz CT molecular complexity index is 1040. The van der Waals surface area contributed by atoms with Crippen LogP contribution in [0.5, 0.6) is 0 Å². The summed E-state index contributed by atoms with van der Waals surface area (Å²) in [6.45, 7) is 3.46. The molecule has 2 amide bonds. The number of carbonyl (C=O) groups excluding carboxylic acids is 3. The Morgan fingerprint density at radius 3 is 2.47 bits per heavy atom. The van der Waals surface area contributed by atoms with Gasteiger partial charge in [-0.1, -0.05) is 24.3 Å². The van der Waals surface area contributed by atoms with E-state index in [1.54, 1.807) is 22.8 Å². The second-order valence-electron chi connectivity index (χ2n) is 9.10. The molecule has 0 N–H and O–H groups in total. The van der Waals surface area contributed by atoms with Gasteiger partial charge >= 0.3 is 5.97 Å². The number of nitrogens with zero attached hydrogens (tertiary/aromatic N) is 2. The zero-order valence-corrected chi connectivity index (χ0v) is 19.5. The summed E-state index contributed by atoms with van der Waals surface area (Å²) in [6, 6.07) is 13.7. The van der Waals surface area contributed by atoms with Crippen LogP contribution >= 0.6 is 0 Å². The van der Waals surface area contributed by atoms with Gasteiger partial charge in [-0.05, 0) is 68.0 Å². The first kappa shape index (κ1) is 23.9. The molecule has 2 aromatic carbocycles. The lowest BCUT2D eigenvalue weighted by Crippen LogP contribution is -2.43. The molecule has 1 aliphatic carbocycles. The number of benzene rings is 2. The molecule has 1 heterocycles. The van der Waals surface area contributed by atoms with Crippen LogP contribution in [0.25, 0.3) is 0 Å². The summed E-state index contributed by atoms with van der Waals surface area (Å²) in [4.78, 5) is 41.3. The van der Waals surface area contributed by atoms with Gasteiger partial charge in [-0.15, -0.1) is 0 Å². The predicted molar refractivity (Wildman–Crippen MR) is 126 cm³/mol. The van der Waals surface area contributed by atoms with Gasteiger partial charge in [-0.3, -0.25) is 14.4 Å². The van der Waals surface area contributed by atoms with Crippen molar-refractivity contribution in [2.45, 2.75) is 45.6 Å². The van der Waals surface area contributed by atoms with Gasteiger partial charge in [0.1, 0.15) is 5.82 Å². The number of halogens is 1. The molecule has 0 bridgehead atoms. The van der Waals surface area contributed by atoms with Gasteiger partial charge in [-0.25, -0.2) is 4.39 Å². The van der Waals surface area contributed by atoms with Crippen molar-refractivity contribution in [3.63, 3.8) is 0 Å². The van der Waals surface area contributed by atoms with Gasteiger partial charge in [-0.2, -0.15) is 0 Å². The van der Waals surface area contributed by atoms with E-state index >= 15 is 0 Å². The highest BCUT2D eigenvalue weighted by Gasteiger charge is 2.34. The van der Waals surface area contributed by atoms with Gasteiger partial charge in [0.15, 0.2) is 0 Å². The molecule has 6 nitrogen and oxygen atoms in total. The molecule has 4 rings (SSSR count). The number of esters is 1. The summed E-state index contributed by atoms with van der Waals surface area (Å²) >= 11 is 0. The molecule has 0 unspecified atom stereocenters. The first-order valence-corrected chi connectivity index (χ1v) is 12.0. The Labute approximate surface area is 199 Å². The maximum absolute atomic E-state index is 13.7. The highest BCUT2D eigenvalue weighted by molar-refractivity contribution is 5.96. The van der Waals surface area contributed by atoms with Crippen molar-refractivity contribution in [1.29, 1.82) is 0 Å². The van der Waals surface area contributed by atoms with E-state index in [4.69, 9.17) is 4.74 Å². The molecule has 0 spiro atoms. The second kappa shape index (κ2) is 10.8. The highest BCUT2D eigenvalue weighted by Crippen LogP contribution is 2.33. The van der Waals surface area contributed by atoms with Gasteiger partial charge in [0.2, 0.25) is 11.8 Å². The van der Waals surface area contributed by atoms with Crippen molar-refractivity contribution in [2.24, 2.45) is 11.8 Å². The average molecular weight is 467 g/mol. The van der Waals surface area contributed by atoms with Crippen LogP contribution in [0, 0.1) is 17.7 Å². The fraction of sp³-hybridized carbons (Fsp3) is 0.444. The fourth-order valence-corrected chi connectivity index (χ4v) is 4.40. The lowest BCUT2D eigenvalue weighted by atomic mass is 9.97. The molecule has 7 heteroatoms. The Morgan fingerprint density at radius 1 is 1.03 bits per heavy atom. The number of rotatable bonds is 8. The van der Waals surface area contributed by atoms with Crippen LogP contribution in [-0.4, -0.2) is 42.4 Å². The second-order valence-corrected chi connectivity index (χ2v) is 9.10. The first-order chi connectivity index (χ1) is 16.4. The number of amides is 2. The lowest BCUT2D eigenvalue weighted by Gasteiger charge is -2.31. The number of hydrogen-bond donors (Lipinski definition) is 0. The molecular weight excluding hydrogens is 435 g/mol. The van der Waals surface area contributed by atoms with Gasteiger partial charge in [0.05, 0.1) is 25.5 Å². The van der Waals surface area contributed by atoms with Crippen LogP contribution in [0.3, 0.4) is 0 Å². The van der Waals surface area contributed by atoms with Crippen LogP contribution in [-0.2, 0) is 32.1 Å². The maximum Gasteiger partial charge on any atom is 0.310 e. The summed E-state index contributed by atoms with van der Waals surface area (Å²) in [7, 11) is 0.